The van der Waals surface area contributed by atoms with Gasteiger partial charge in [0.05, 0.1) is 5.92 Å². The van der Waals surface area contributed by atoms with Crippen molar-refractivity contribution in [2.24, 2.45) is 5.92 Å². The molecule has 1 atom stereocenters. The quantitative estimate of drug-likeness (QED) is 0.101. The van der Waals surface area contributed by atoms with Gasteiger partial charge in [-0.15, -0.1) is 0 Å². The Bertz CT molecular complexity index is 1100. The lowest BCUT2D eigenvalue weighted by molar-refractivity contribution is -0.482. The highest BCUT2D eigenvalue weighted by atomic mass is 19.4. The van der Waals surface area contributed by atoms with Gasteiger partial charge >= 0.3 is 77.3 Å². The van der Waals surface area contributed by atoms with Crippen molar-refractivity contribution in [2.45, 2.75) is 78.2 Å². The number of alkyl halides is 25. The predicted octanol–water partition coefficient (Wildman–Crippen LogP) is 8.90. The minimum atomic E-state index is -9.64. The van der Waals surface area contributed by atoms with Gasteiger partial charge in [-0.3, -0.25) is 0 Å². The first-order chi connectivity index (χ1) is 19.1. The summed E-state index contributed by atoms with van der Waals surface area (Å²) >= 11 is 0. The SMILES string of the molecule is C=CC(=O)OCC(C)C(F)(F)C(F)(F)C(F)(F)C(F)(F)C(F)(F)C(F)(F)C(F)(F)C(F)(F)C(F)(F)C(F)(F)C(F)(F)C(F)(F)F. The molecule has 0 N–H and O–H groups in total. The fraction of sp³-hybridized carbons (Fsp3) is 0.833. The molecule has 0 aliphatic heterocycles. The van der Waals surface area contributed by atoms with Crippen molar-refractivity contribution in [3.8, 4) is 0 Å². The van der Waals surface area contributed by atoms with E-state index in [4.69, 9.17) is 0 Å². The molecule has 0 amide bonds. The molecular formula is C18H9F25O2. The topological polar surface area (TPSA) is 26.3 Å². The van der Waals surface area contributed by atoms with E-state index in [-0.39, 0.29) is 6.08 Å². The van der Waals surface area contributed by atoms with Crippen molar-refractivity contribution in [3.05, 3.63) is 12.7 Å². The fourth-order valence-corrected chi connectivity index (χ4v) is 2.64. The maximum absolute atomic E-state index is 14.0. The van der Waals surface area contributed by atoms with Crippen molar-refractivity contribution in [3.63, 3.8) is 0 Å². The van der Waals surface area contributed by atoms with Gasteiger partial charge < -0.3 is 4.74 Å². The van der Waals surface area contributed by atoms with Crippen molar-refractivity contribution in [1.29, 1.82) is 0 Å². The van der Waals surface area contributed by atoms with Crippen LogP contribution in [0.1, 0.15) is 6.92 Å². The zero-order valence-corrected chi connectivity index (χ0v) is 20.3. The molecule has 0 radical (unpaired) electrons. The van der Waals surface area contributed by atoms with Crippen LogP contribution in [-0.4, -0.2) is 83.9 Å². The van der Waals surface area contributed by atoms with E-state index < -0.39 is 96.7 Å². The van der Waals surface area contributed by atoms with Gasteiger partial charge in [-0.2, -0.15) is 110 Å². The molecule has 0 spiro atoms. The average Bonchev–Trinajstić information content (AvgIpc) is 2.84. The van der Waals surface area contributed by atoms with Gasteiger partial charge in [0.1, 0.15) is 6.61 Å². The van der Waals surface area contributed by atoms with Gasteiger partial charge in [-0.1, -0.05) is 13.5 Å². The van der Waals surface area contributed by atoms with Crippen LogP contribution in [-0.2, 0) is 9.53 Å². The number of rotatable bonds is 14. The van der Waals surface area contributed by atoms with E-state index in [0.717, 1.165) is 0 Å². The van der Waals surface area contributed by atoms with Crippen LogP contribution in [0.15, 0.2) is 12.7 Å². The predicted molar refractivity (Wildman–Crippen MR) is 90.8 cm³/mol. The third kappa shape index (κ3) is 5.39. The zero-order chi connectivity index (χ0) is 37.3. The van der Waals surface area contributed by atoms with E-state index in [0.29, 0.717) is 0 Å². The first-order valence-electron chi connectivity index (χ1n) is 10.1. The maximum Gasteiger partial charge on any atom is 0.460 e. The van der Waals surface area contributed by atoms with Crippen LogP contribution in [0.2, 0.25) is 0 Å². The molecule has 268 valence electrons. The highest BCUT2D eigenvalue weighted by Gasteiger charge is 2.99. The van der Waals surface area contributed by atoms with Crippen molar-refractivity contribution in [2.75, 3.05) is 6.61 Å². The lowest BCUT2D eigenvalue weighted by Crippen LogP contribution is -2.78. The van der Waals surface area contributed by atoms with E-state index >= 15 is 0 Å². The molecule has 2 nitrogen and oxygen atoms in total. The molecule has 0 aromatic rings. The third-order valence-corrected chi connectivity index (χ3v) is 5.58. The molecule has 0 aliphatic rings. The summed E-state index contributed by atoms with van der Waals surface area (Å²) in [6.07, 6.45) is -8.14. The molecule has 0 aliphatic carbocycles. The Morgan fingerprint density at radius 2 is 0.711 bits per heavy atom. The number of carbonyl (C=O) groups is 1. The van der Waals surface area contributed by atoms with Gasteiger partial charge in [-0.25, -0.2) is 4.79 Å². The first-order valence-corrected chi connectivity index (χ1v) is 10.1. The van der Waals surface area contributed by atoms with Crippen LogP contribution >= 0.6 is 0 Å². The van der Waals surface area contributed by atoms with Crippen molar-refractivity contribution in [1.82, 2.24) is 0 Å². The van der Waals surface area contributed by atoms with E-state index in [1.165, 1.54) is 0 Å². The molecule has 0 rings (SSSR count). The number of hydrogen-bond acceptors (Lipinski definition) is 2. The van der Waals surface area contributed by atoms with Gasteiger partial charge in [0.25, 0.3) is 0 Å². The summed E-state index contributed by atoms with van der Waals surface area (Å²) in [5.74, 6) is -105. The molecule has 0 heterocycles. The van der Waals surface area contributed by atoms with E-state index in [2.05, 4.69) is 11.3 Å². The summed E-state index contributed by atoms with van der Waals surface area (Å²) in [6.45, 7) is -0.112. The minimum Gasteiger partial charge on any atom is -0.462 e. The molecule has 1 unspecified atom stereocenters. The van der Waals surface area contributed by atoms with Crippen LogP contribution in [0.3, 0.4) is 0 Å². The summed E-state index contributed by atoms with van der Waals surface area (Å²) in [7, 11) is 0. The van der Waals surface area contributed by atoms with Crippen LogP contribution in [0.5, 0.6) is 0 Å². The number of carbonyl (C=O) groups excluding carboxylic acids is 1. The van der Waals surface area contributed by atoms with Gasteiger partial charge in [0, 0.05) is 6.08 Å². The lowest BCUT2D eigenvalue weighted by atomic mass is 9.83. The Hall–Kier alpha value is -2.54. The molecule has 0 saturated carbocycles. The third-order valence-electron chi connectivity index (χ3n) is 5.58. The number of esters is 1. The summed E-state index contributed by atoms with van der Waals surface area (Å²) in [4.78, 5) is 10.7. The minimum absolute atomic E-state index is 0.0496. The highest BCUT2D eigenvalue weighted by molar-refractivity contribution is 5.81. The largest absolute Gasteiger partial charge is 0.462 e. The molecule has 45 heavy (non-hydrogen) atoms. The van der Waals surface area contributed by atoms with Crippen LogP contribution < -0.4 is 0 Å². The van der Waals surface area contributed by atoms with Crippen molar-refractivity contribution >= 4 is 5.97 Å². The zero-order valence-electron chi connectivity index (χ0n) is 20.3. The molecule has 0 fully saturated rings. The second kappa shape index (κ2) is 11.0. The molecule has 0 saturated heterocycles. The first kappa shape index (κ1) is 42.5. The van der Waals surface area contributed by atoms with Gasteiger partial charge in [-0.05, 0) is 0 Å². The Labute approximate surface area is 230 Å². The van der Waals surface area contributed by atoms with Crippen molar-refractivity contribution < 1.29 is 119 Å². The Balaban J connectivity index is 7.25. The van der Waals surface area contributed by atoms with Crippen LogP contribution in [0, 0.1) is 5.92 Å². The summed E-state index contributed by atoms with van der Waals surface area (Å²) < 4.78 is 339. The summed E-state index contributed by atoms with van der Waals surface area (Å²) in [5, 5.41) is 0. The average molecular weight is 732 g/mol. The van der Waals surface area contributed by atoms with E-state index in [1.807, 2.05) is 0 Å². The maximum atomic E-state index is 14.0. The molecule has 0 bridgehead atoms. The Morgan fingerprint density at radius 1 is 0.489 bits per heavy atom. The second-order valence-corrected chi connectivity index (χ2v) is 8.60. The fourth-order valence-electron chi connectivity index (χ4n) is 2.64. The summed E-state index contributed by atoms with van der Waals surface area (Å²) in [5.41, 5.74) is 0. The number of ether oxygens (including phenoxy) is 1. The smallest absolute Gasteiger partial charge is 0.460 e. The highest BCUT2D eigenvalue weighted by Crippen LogP contribution is 2.68. The normalized spacial score (nSPS) is 16.8. The molecule has 27 heteroatoms. The molecule has 0 aromatic heterocycles. The monoisotopic (exact) mass is 732 g/mol. The van der Waals surface area contributed by atoms with Gasteiger partial charge in [0.15, 0.2) is 0 Å². The number of hydrogen-bond donors (Lipinski definition) is 0. The summed E-state index contributed by atoms with van der Waals surface area (Å²) in [6, 6.07) is 0. The van der Waals surface area contributed by atoms with Crippen LogP contribution in [0.4, 0.5) is 110 Å². The lowest BCUT2D eigenvalue weighted by Gasteiger charge is -2.46. The van der Waals surface area contributed by atoms with Gasteiger partial charge in [0.2, 0.25) is 0 Å². The Kier molecular flexibility index (Phi) is 10.4. The number of halogens is 25. The molecular weight excluding hydrogens is 723 g/mol. The van der Waals surface area contributed by atoms with Crippen LogP contribution in [0.25, 0.3) is 0 Å². The molecule has 0 aromatic carbocycles. The van der Waals surface area contributed by atoms with E-state index in [9.17, 15) is 115 Å². The standard InChI is InChI=1S/C18H9F25O2/c1-3-6(44)45-4-5(2)7(19,20)8(21,22)9(23,24)10(25,26)11(27,28)12(29,30)13(31,32)14(33,34)15(35,36)16(37,38)17(39,40)18(41,42)43/h3,5H,1,4H2,2H3. The van der Waals surface area contributed by atoms with E-state index in [1.54, 1.807) is 0 Å². The Morgan fingerprint density at radius 3 is 0.933 bits per heavy atom. The second-order valence-electron chi connectivity index (χ2n) is 8.60.